The van der Waals surface area contributed by atoms with Gasteiger partial charge >= 0.3 is 5.97 Å². The normalized spacial score (nSPS) is 14.4. The third-order valence-electron chi connectivity index (χ3n) is 6.36. The number of carboxylic acid groups (broad SMARTS) is 1. The number of hydrogen-bond acceptors (Lipinski definition) is 5. The van der Waals surface area contributed by atoms with Gasteiger partial charge in [-0.1, -0.05) is 55.5 Å². The molecule has 1 unspecified atom stereocenters. The van der Waals surface area contributed by atoms with Crippen molar-refractivity contribution in [2.75, 3.05) is 6.61 Å². The lowest BCUT2D eigenvalue weighted by Crippen LogP contribution is -2.58. The van der Waals surface area contributed by atoms with Gasteiger partial charge in [0.1, 0.15) is 5.75 Å². The summed E-state index contributed by atoms with van der Waals surface area (Å²) in [5.74, 6) is -2.50. The van der Waals surface area contributed by atoms with Crippen LogP contribution in [0.2, 0.25) is 0 Å². The average Bonchev–Trinajstić information content (AvgIpc) is 3.13. The van der Waals surface area contributed by atoms with E-state index in [0.717, 1.165) is 21.8 Å². The maximum absolute atomic E-state index is 13.2. The summed E-state index contributed by atoms with van der Waals surface area (Å²) in [5, 5.41) is 10.1. The molecule has 0 saturated carbocycles. The summed E-state index contributed by atoms with van der Waals surface area (Å²) in [6.07, 6.45) is -0.628. The minimum absolute atomic E-state index is 0.107. The summed E-state index contributed by atoms with van der Waals surface area (Å²) in [7, 11) is 0. The topological polar surface area (TPSA) is 101 Å². The molecular formula is C28H25NO6. The van der Waals surface area contributed by atoms with Crippen molar-refractivity contribution in [1.82, 2.24) is 4.90 Å². The number of imide groups is 1. The summed E-state index contributed by atoms with van der Waals surface area (Å²) < 4.78 is 5.46. The summed E-state index contributed by atoms with van der Waals surface area (Å²) in [6, 6.07) is 20.5. The van der Waals surface area contributed by atoms with E-state index in [1.807, 2.05) is 31.2 Å². The predicted octanol–water partition coefficient (Wildman–Crippen LogP) is 4.85. The zero-order valence-electron chi connectivity index (χ0n) is 19.5. The fourth-order valence-electron chi connectivity index (χ4n) is 4.39. The first-order chi connectivity index (χ1) is 16.8. The Morgan fingerprint density at radius 2 is 1.34 bits per heavy atom. The van der Waals surface area contributed by atoms with Gasteiger partial charge in [-0.2, -0.15) is 0 Å². The van der Waals surface area contributed by atoms with Crippen LogP contribution in [0.5, 0.6) is 5.75 Å². The molecule has 0 aromatic heterocycles. The molecule has 178 valence electrons. The third-order valence-corrected chi connectivity index (χ3v) is 6.36. The highest BCUT2D eigenvalue weighted by atomic mass is 16.5. The van der Waals surface area contributed by atoms with Gasteiger partial charge in [-0.25, -0.2) is 4.79 Å². The third kappa shape index (κ3) is 4.21. The molecule has 1 N–H and O–H groups in total. The van der Waals surface area contributed by atoms with E-state index in [1.54, 1.807) is 43.3 Å². The van der Waals surface area contributed by atoms with Crippen molar-refractivity contribution in [2.24, 2.45) is 0 Å². The highest BCUT2D eigenvalue weighted by Crippen LogP contribution is 2.35. The summed E-state index contributed by atoms with van der Waals surface area (Å²) in [4.78, 5) is 52.4. The average molecular weight is 472 g/mol. The molecule has 35 heavy (non-hydrogen) atoms. The molecular weight excluding hydrogens is 446 g/mol. The van der Waals surface area contributed by atoms with Gasteiger partial charge in [-0.15, -0.1) is 0 Å². The number of carbonyl (C=O) groups excluding carboxylic acids is 3. The van der Waals surface area contributed by atoms with Crippen LogP contribution in [0, 0.1) is 0 Å². The number of amides is 2. The van der Waals surface area contributed by atoms with E-state index < -0.39 is 35.5 Å². The molecule has 0 bridgehead atoms. The molecule has 3 aromatic rings. The Balaban J connectivity index is 1.59. The molecule has 0 aliphatic carbocycles. The van der Waals surface area contributed by atoms with Crippen molar-refractivity contribution in [3.63, 3.8) is 0 Å². The van der Waals surface area contributed by atoms with E-state index in [2.05, 4.69) is 0 Å². The maximum Gasteiger partial charge on any atom is 0.330 e. The first kappa shape index (κ1) is 23.9. The van der Waals surface area contributed by atoms with Crippen LogP contribution in [-0.2, 0) is 4.79 Å². The molecule has 1 aliphatic rings. The smallest absolute Gasteiger partial charge is 0.330 e. The van der Waals surface area contributed by atoms with Crippen LogP contribution >= 0.6 is 0 Å². The number of carbonyl (C=O) groups is 4. The van der Waals surface area contributed by atoms with Gasteiger partial charge in [0, 0.05) is 12.0 Å². The molecule has 0 saturated heterocycles. The maximum atomic E-state index is 13.2. The van der Waals surface area contributed by atoms with Gasteiger partial charge in [0.2, 0.25) is 0 Å². The fourth-order valence-corrected chi connectivity index (χ4v) is 4.39. The largest absolute Gasteiger partial charge is 0.494 e. The number of ketones is 1. The Hall–Kier alpha value is -4.26. The summed E-state index contributed by atoms with van der Waals surface area (Å²) in [5.41, 5.74) is 0.414. The second kappa shape index (κ2) is 9.54. The van der Waals surface area contributed by atoms with Crippen LogP contribution in [0.3, 0.4) is 0 Å². The van der Waals surface area contributed by atoms with E-state index in [9.17, 15) is 24.3 Å². The van der Waals surface area contributed by atoms with Crippen LogP contribution in [0.1, 0.15) is 57.8 Å². The Bertz CT molecular complexity index is 1260. The Morgan fingerprint density at radius 3 is 1.80 bits per heavy atom. The molecule has 3 aromatic carbocycles. The molecule has 0 spiro atoms. The zero-order chi connectivity index (χ0) is 25.2. The Labute approximate surface area is 203 Å². The molecule has 2 amide bonds. The van der Waals surface area contributed by atoms with Crippen LogP contribution in [0.25, 0.3) is 11.1 Å². The SMILES string of the molecule is CCOc1ccc(-c2ccc(C(=O)CC(CC)(C(=O)O)N3C(=O)c4ccccc4C3=O)cc2)cc1. The van der Waals surface area contributed by atoms with E-state index in [-0.39, 0.29) is 17.5 Å². The summed E-state index contributed by atoms with van der Waals surface area (Å²) >= 11 is 0. The molecule has 4 rings (SSSR count). The van der Waals surface area contributed by atoms with Gasteiger partial charge in [0.15, 0.2) is 11.3 Å². The zero-order valence-corrected chi connectivity index (χ0v) is 19.5. The van der Waals surface area contributed by atoms with Crippen LogP contribution in [0.15, 0.2) is 72.8 Å². The number of ether oxygens (including phenoxy) is 1. The van der Waals surface area contributed by atoms with Crippen LogP contribution < -0.4 is 4.74 Å². The predicted molar refractivity (Wildman–Crippen MR) is 130 cm³/mol. The fraction of sp³-hybridized carbons (Fsp3) is 0.214. The van der Waals surface area contributed by atoms with E-state index >= 15 is 0 Å². The van der Waals surface area contributed by atoms with Crippen molar-refractivity contribution >= 4 is 23.6 Å². The molecule has 1 heterocycles. The number of carboxylic acids is 1. The van der Waals surface area contributed by atoms with Gasteiger partial charge < -0.3 is 9.84 Å². The lowest BCUT2D eigenvalue weighted by molar-refractivity contribution is -0.148. The standard InChI is InChI=1S/C28H25NO6/c1-3-28(27(33)34,29-25(31)22-7-5-6-8-23(22)26(29)32)17-24(30)20-11-9-18(10-12-20)19-13-15-21(16-14-19)35-4-2/h5-16H,3-4,17H2,1-2H3,(H,33,34). The van der Waals surface area contributed by atoms with E-state index in [1.165, 1.54) is 12.1 Å². The first-order valence-corrected chi connectivity index (χ1v) is 11.4. The lowest BCUT2D eigenvalue weighted by atomic mass is 9.85. The number of benzene rings is 3. The van der Waals surface area contributed by atoms with Crippen LogP contribution in [-0.4, -0.2) is 45.7 Å². The number of hydrogen-bond donors (Lipinski definition) is 1. The van der Waals surface area contributed by atoms with Crippen molar-refractivity contribution < 1.29 is 29.0 Å². The molecule has 1 aliphatic heterocycles. The highest BCUT2D eigenvalue weighted by Gasteiger charge is 2.53. The number of aliphatic carboxylic acids is 1. The minimum atomic E-state index is -1.99. The molecule has 7 nitrogen and oxygen atoms in total. The quantitative estimate of drug-likeness (QED) is 0.354. The highest BCUT2D eigenvalue weighted by molar-refractivity contribution is 6.23. The number of nitrogens with zero attached hydrogens (tertiary/aromatic N) is 1. The first-order valence-electron chi connectivity index (χ1n) is 11.4. The molecule has 7 heteroatoms. The van der Waals surface area contributed by atoms with Gasteiger partial charge in [0.25, 0.3) is 11.8 Å². The lowest BCUT2D eigenvalue weighted by Gasteiger charge is -2.35. The monoisotopic (exact) mass is 471 g/mol. The number of fused-ring (bicyclic) bond motifs is 1. The van der Waals surface area contributed by atoms with Gasteiger partial charge in [0.05, 0.1) is 17.7 Å². The number of Topliss-reactive ketones (excluding diaryl/α,β-unsaturated/α-hetero) is 1. The van der Waals surface area contributed by atoms with Crippen molar-refractivity contribution in [2.45, 2.75) is 32.2 Å². The molecule has 1 atom stereocenters. The second-order valence-electron chi connectivity index (χ2n) is 8.32. The van der Waals surface area contributed by atoms with Gasteiger partial charge in [-0.3, -0.25) is 19.3 Å². The number of rotatable bonds is 9. The second-order valence-corrected chi connectivity index (χ2v) is 8.32. The van der Waals surface area contributed by atoms with Crippen molar-refractivity contribution in [3.8, 4) is 16.9 Å². The van der Waals surface area contributed by atoms with Crippen molar-refractivity contribution in [1.29, 1.82) is 0 Å². The van der Waals surface area contributed by atoms with E-state index in [0.29, 0.717) is 12.2 Å². The van der Waals surface area contributed by atoms with E-state index in [4.69, 9.17) is 4.74 Å². The van der Waals surface area contributed by atoms with Gasteiger partial charge in [-0.05, 0) is 48.7 Å². The Kier molecular flexibility index (Phi) is 6.51. The molecule has 0 fully saturated rings. The van der Waals surface area contributed by atoms with Crippen LogP contribution in [0.4, 0.5) is 0 Å². The Morgan fingerprint density at radius 1 is 0.829 bits per heavy atom. The molecule has 0 radical (unpaired) electrons. The summed E-state index contributed by atoms with van der Waals surface area (Å²) in [6.45, 7) is 4.04. The van der Waals surface area contributed by atoms with Crippen molar-refractivity contribution in [3.05, 3.63) is 89.5 Å². The minimum Gasteiger partial charge on any atom is -0.494 e.